The highest BCUT2D eigenvalue weighted by Crippen LogP contribution is 2.33. The highest BCUT2D eigenvalue weighted by atomic mass is 32.2. The second-order valence-electron chi connectivity index (χ2n) is 7.31. The number of anilines is 3. The van der Waals surface area contributed by atoms with E-state index in [0.29, 0.717) is 28.6 Å². The Kier molecular flexibility index (Phi) is 5.61. The van der Waals surface area contributed by atoms with Crippen molar-refractivity contribution in [2.45, 2.75) is 12.8 Å². The lowest BCUT2D eigenvalue weighted by Gasteiger charge is -2.31. The van der Waals surface area contributed by atoms with E-state index in [4.69, 9.17) is 0 Å². The lowest BCUT2D eigenvalue weighted by Crippen LogP contribution is -2.40. The van der Waals surface area contributed by atoms with Gasteiger partial charge in [-0.25, -0.2) is 17.8 Å². The van der Waals surface area contributed by atoms with Crippen LogP contribution < -0.4 is 14.9 Å². The van der Waals surface area contributed by atoms with E-state index in [1.807, 2.05) is 11.0 Å². The Balaban J connectivity index is 1.46. The smallest absolute Gasteiger partial charge is 0.229 e. The Hall–Kier alpha value is -2.72. The summed E-state index contributed by atoms with van der Waals surface area (Å²) in [6, 6.07) is 11.5. The number of piperidine rings is 1. The normalized spacial score (nSPS) is 17.1. The number of fused-ring (bicyclic) bond motifs is 1. The molecular formula is C20H21FN4O3S2. The number of hydrogen-bond donors (Lipinski definition) is 2. The maximum atomic E-state index is 14.0. The van der Waals surface area contributed by atoms with Crippen molar-refractivity contribution in [1.82, 2.24) is 4.98 Å². The van der Waals surface area contributed by atoms with Gasteiger partial charge < -0.3 is 10.2 Å². The van der Waals surface area contributed by atoms with Crippen molar-refractivity contribution >= 4 is 54.0 Å². The van der Waals surface area contributed by atoms with Crippen LogP contribution in [0.25, 0.3) is 10.2 Å². The molecule has 10 heteroatoms. The monoisotopic (exact) mass is 448 g/mol. The second kappa shape index (κ2) is 8.19. The summed E-state index contributed by atoms with van der Waals surface area (Å²) >= 11 is 1.42. The number of carbonyl (C=O) groups excluding carboxylic acids is 1. The Morgan fingerprint density at radius 1 is 1.23 bits per heavy atom. The van der Waals surface area contributed by atoms with E-state index in [1.54, 1.807) is 30.3 Å². The van der Waals surface area contributed by atoms with Crippen LogP contribution in [0, 0.1) is 11.7 Å². The number of nitrogens with zero attached hydrogens (tertiary/aromatic N) is 2. The van der Waals surface area contributed by atoms with Crippen LogP contribution in [0.5, 0.6) is 0 Å². The average molecular weight is 449 g/mol. The van der Waals surface area contributed by atoms with Gasteiger partial charge in [-0.1, -0.05) is 23.5 Å². The average Bonchev–Trinajstić information content (AvgIpc) is 3.13. The van der Waals surface area contributed by atoms with Crippen LogP contribution >= 0.6 is 11.3 Å². The predicted molar refractivity (Wildman–Crippen MR) is 118 cm³/mol. The molecule has 1 saturated heterocycles. The molecule has 1 fully saturated rings. The van der Waals surface area contributed by atoms with Gasteiger partial charge in [0.25, 0.3) is 0 Å². The summed E-state index contributed by atoms with van der Waals surface area (Å²) in [5, 5.41) is 3.58. The fourth-order valence-corrected chi connectivity index (χ4v) is 5.09. The van der Waals surface area contributed by atoms with Crippen LogP contribution in [0.1, 0.15) is 12.8 Å². The molecule has 0 bridgehead atoms. The van der Waals surface area contributed by atoms with Gasteiger partial charge in [-0.3, -0.25) is 9.52 Å². The molecule has 7 nitrogen and oxygen atoms in total. The molecule has 2 heterocycles. The summed E-state index contributed by atoms with van der Waals surface area (Å²) in [5.74, 6) is -0.727. The van der Waals surface area contributed by atoms with Gasteiger partial charge in [-0.05, 0) is 43.2 Å². The van der Waals surface area contributed by atoms with Gasteiger partial charge in [0.1, 0.15) is 11.3 Å². The number of benzene rings is 2. The third-order valence-corrected chi connectivity index (χ3v) is 6.54. The van der Waals surface area contributed by atoms with Gasteiger partial charge >= 0.3 is 0 Å². The molecule has 0 radical (unpaired) electrons. The van der Waals surface area contributed by atoms with Crippen molar-refractivity contribution in [1.29, 1.82) is 0 Å². The van der Waals surface area contributed by atoms with Gasteiger partial charge in [0.2, 0.25) is 15.9 Å². The van der Waals surface area contributed by atoms with E-state index < -0.39 is 10.0 Å². The fraction of sp³-hybridized carbons (Fsp3) is 0.300. The van der Waals surface area contributed by atoms with Crippen molar-refractivity contribution < 1.29 is 17.6 Å². The van der Waals surface area contributed by atoms with Crippen LogP contribution in [0.3, 0.4) is 0 Å². The molecule has 1 aromatic heterocycles. The first-order chi connectivity index (χ1) is 14.3. The van der Waals surface area contributed by atoms with Gasteiger partial charge in [0, 0.05) is 18.8 Å². The zero-order valence-corrected chi connectivity index (χ0v) is 17.9. The largest absolute Gasteiger partial charge is 0.347 e. The fourth-order valence-electron chi connectivity index (χ4n) is 3.52. The van der Waals surface area contributed by atoms with Gasteiger partial charge in [-0.15, -0.1) is 0 Å². The van der Waals surface area contributed by atoms with E-state index in [2.05, 4.69) is 15.0 Å². The van der Waals surface area contributed by atoms with E-state index in [0.717, 1.165) is 30.3 Å². The van der Waals surface area contributed by atoms with E-state index >= 15 is 0 Å². The number of amides is 1. The Labute approximate surface area is 178 Å². The van der Waals surface area contributed by atoms with Gasteiger partial charge in [0.15, 0.2) is 5.13 Å². The SMILES string of the molecule is CS(=O)(=O)Nc1cccc(NC(=O)C2CCCN(c3nc4c(F)cccc4s3)C2)c1. The molecule has 1 atom stereocenters. The molecule has 1 unspecified atom stereocenters. The first kappa shape index (κ1) is 20.5. The molecule has 1 aliphatic heterocycles. The van der Waals surface area contributed by atoms with Crippen molar-refractivity contribution in [3.63, 3.8) is 0 Å². The summed E-state index contributed by atoms with van der Waals surface area (Å²) in [4.78, 5) is 19.3. The molecule has 3 aromatic rings. The molecule has 158 valence electrons. The number of para-hydroxylation sites is 1. The minimum Gasteiger partial charge on any atom is -0.347 e. The topological polar surface area (TPSA) is 91.4 Å². The minimum atomic E-state index is -3.40. The Morgan fingerprint density at radius 3 is 2.77 bits per heavy atom. The third-order valence-electron chi connectivity index (χ3n) is 4.85. The van der Waals surface area contributed by atoms with Gasteiger partial charge in [-0.2, -0.15) is 0 Å². The lowest BCUT2D eigenvalue weighted by atomic mass is 9.97. The lowest BCUT2D eigenvalue weighted by molar-refractivity contribution is -0.120. The number of thiazole rings is 1. The van der Waals surface area contributed by atoms with Crippen molar-refractivity contribution in [2.75, 3.05) is 34.3 Å². The van der Waals surface area contributed by atoms with E-state index in [-0.39, 0.29) is 17.6 Å². The predicted octanol–water partition coefficient (Wildman–Crippen LogP) is 3.66. The molecule has 30 heavy (non-hydrogen) atoms. The Bertz CT molecular complexity index is 1200. The minimum absolute atomic E-state index is 0.136. The number of halogens is 1. The van der Waals surface area contributed by atoms with E-state index in [1.165, 1.54) is 17.4 Å². The van der Waals surface area contributed by atoms with Crippen LogP contribution in [-0.2, 0) is 14.8 Å². The van der Waals surface area contributed by atoms with Crippen molar-refractivity contribution in [3.8, 4) is 0 Å². The standard InChI is InChI=1S/C20H21FN4O3S2/c1-30(27,28)24-15-7-2-6-14(11-15)22-19(26)13-5-4-10-25(12-13)20-23-18-16(21)8-3-9-17(18)29-20/h2-3,6-9,11,13,24H,4-5,10,12H2,1H3,(H,22,26). The van der Waals surface area contributed by atoms with E-state index in [9.17, 15) is 17.6 Å². The molecule has 1 aliphatic rings. The molecule has 4 rings (SSSR count). The zero-order valence-electron chi connectivity index (χ0n) is 16.3. The zero-order chi connectivity index (χ0) is 21.3. The molecule has 2 N–H and O–H groups in total. The van der Waals surface area contributed by atoms with Crippen molar-refractivity contribution in [2.24, 2.45) is 5.92 Å². The molecule has 0 aliphatic carbocycles. The molecule has 2 aromatic carbocycles. The summed E-state index contributed by atoms with van der Waals surface area (Å²) in [6.07, 6.45) is 2.64. The van der Waals surface area contributed by atoms with Crippen LogP contribution in [0.15, 0.2) is 42.5 Å². The maximum Gasteiger partial charge on any atom is 0.229 e. The van der Waals surface area contributed by atoms with Crippen LogP contribution in [0.2, 0.25) is 0 Å². The number of nitrogens with one attached hydrogen (secondary N) is 2. The summed E-state index contributed by atoms with van der Waals surface area (Å²) in [5.41, 5.74) is 1.27. The number of aromatic nitrogens is 1. The highest BCUT2D eigenvalue weighted by Gasteiger charge is 2.28. The first-order valence-corrected chi connectivity index (χ1v) is 12.2. The molecule has 1 amide bonds. The van der Waals surface area contributed by atoms with Gasteiger partial charge in [0.05, 0.1) is 22.6 Å². The summed E-state index contributed by atoms with van der Waals surface area (Å²) in [7, 11) is -3.40. The van der Waals surface area contributed by atoms with Crippen molar-refractivity contribution in [3.05, 3.63) is 48.3 Å². The maximum absolute atomic E-state index is 14.0. The number of rotatable bonds is 5. The van der Waals surface area contributed by atoms with Crippen LogP contribution in [-0.4, -0.2) is 38.7 Å². The third kappa shape index (κ3) is 4.71. The summed E-state index contributed by atoms with van der Waals surface area (Å²) < 4.78 is 40.0. The molecule has 0 saturated carbocycles. The highest BCUT2D eigenvalue weighted by molar-refractivity contribution is 7.92. The molecular weight excluding hydrogens is 427 g/mol. The number of carbonyl (C=O) groups is 1. The quantitative estimate of drug-likeness (QED) is 0.622. The number of sulfonamides is 1. The van der Waals surface area contributed by atoms with Crippen LogP contribution in [0.4, 0.5) is 20.9 Å². The first-order valence-electron chi connectivity index (χ1n) is 9.47. The molecule has 0 spiro atoms. The Morgan fingerprint density at radius 2 is 2.00 bits per heavy atom. The summed E-state index contributed by atoms with van der Waals surface area (Å²) in [6.45, 7) is 1.26. The number of hydrogen-bond acceptors (Lipinski definition) is 6. The second-order valence-corrected chi connectivity index (χ2v) is 10.1.